The lowest BCUT2D eigenvalue weighted by Crippen LogP contribution is -2.29. The van der Waals surface area contributed by atoms with Crippen molar-refractivity contribution in [3.05, 3.63) is 35.4 Å². The molecule has 1 saturated carbocycles. The first-order chi connectivity index (χ1) is 8.66. The third kappa shape index (κ3) is 3.58. The first-order valence-corrected chi connectivity index (χ1v) is 7.45. The van der Waals surface area contributed by atoms with Gasteiger partial charge in [0.2, 0.25) is 0 Å². The van der Waals surface area contributed by atoms with Crippen molar-refractivity contribution in [2.45, 2.75) is 52.5 Å². The monoisotopic (exact) mass is 245 g/mol. The van der Waals surface area contributed by atoms with Crippen LogP contribution in [0.5, 0.6) is 0 Å². The molecule has 1 aromatic rings. The van der Waals surface area contributed by atoms with Gasteiger partial charge in [0.05, 0.1) is 0 Å². The Morgan fingerprint density at radius 1 is 1.28 bits per heavy atom. The molecule has 0 spiro atoms. The van der Waals surface area contributed by atoms with Crippen LogP contribution in [0, 0.1) is 18.8 Å². The van der Waals surface area contributed by atoms with E-state index in [1.54, 1.807) is 0 Å². The lowest BCUT2D eigenvalue weighted by Gasteiger charge is -2.28. The van der Waals surface area contributed by atoms with Gasteiger partial charge < -0.3 is 5.32 Å². The maximum Gasteiger partial charge on any atom is 0.0294 e. The summed E-state index contributed by atoms with van der Waals surface area (Å²) in [5, 5.41) is 3.73. The number of benzene rings is 1. The number of hydrogen-bond donors (Lipinski definition) is 1. The second kappa shape index (κ2) is 6.38. The molecule has 1 N–H and O–H groups in total. The highest BCUT2D eigenvalue weighted by Gasteiger charge is 2.19. The smallest absolute Gasteiger partial charge is 0.0294 e. The van der Waals surface area contributed by atoms with E-state index >= 15 is 0 Å². The van der Waals surface area contributed by atoms with E-state index in [9.17, 15) is 0 Å². The minimum absolute atomic E-state index is 0.475. The van der Waals surface area contributed by atoms with E-state index in [1.165, 1.54) is 43.4 Å². The number of aryl methyl sites for hydroxylation is 1. The van der Waals surface area contributed by atoms with Crippen molar-refractivity contribution in [1.82, 2.24) is 5.32 Å². The van der Waals surface area contributed by atoms with Crippen molar-refractivity contribution in [1.29, 1.82) is 0 Å². The van der Waals surface area contributed by atoms with Gasteiger partial charge in [-0.1, -0.05) is 44.0 Å². The van der Waals surface area contributed by atoms with E-state index in [0.717, 1.165) is 11.8 Å². The fraction of sp³-hybridized carbons (Fsp3) is 0.647. The molecule has 1 aromatic carbocycles. The van der Waals surface area contributed by atoms with Crippen LogP contribution in [0.1, 0.15) is 56.7 Å². The highest BCUT2D eigenvalue weighted by Crippen LogP contribution is 2.28. The summed E-state index contributed by atoms with van der Waals surface area (Å²) in [4.78, 5) is 0. The molecule has 1 aliphatic rings. The Balaban J connectivity index is 1.84. The maximum atomic E-state index is 3.73. The average Bonchev–Trinajstić information content (AvgIpc) is 2.37. The zero-order valence-electron chi connectivity index (χ0n) is 12.1. The molecule has 1 nitrogen and oxygen atoms in total. The van der Waals surface area contributed by atoms with Gasteiger partial charge in [0.25, 0.3) is 0 Å². The van der Waals surface area contributed by atoms with Crippen LogP contribution in [0.3, 0.4) is 0 Å². The van der Waals surface area contributed by atoms with Crippen LogP contribution in [-0.2, 0) is 0 Å². The molecule has 0 aliphatic heterocycles. The van der Waals surface area contributed by atoms with E-state index in [0.29, 0.717) is 6.04 Å². The van der Waals surface area contributed by atoms with Gasteiger partial charge in [0, 0.05) is 6.04 Å². The highest BCUT2D eigenvalue weighted by molar-refractivity contribution is 5.28. The molecular weight excluding hydrogens is 218 g/mol. The molecule has 0 amide bonds. The van der Waals surface area contributed by atoms with Gasteiger partial charge in [-0.25, -0.2) is 0 Å². The molecule has 3 atom stereocenters. The van der Waals surface area contributed by atoms with Crippen LogP contribution >= 0.6 is 0 Å². The maximum absolute atomic E-state index is 3.73. The average molecular weight is 245 g/mol. The number of rotatable bonds is 4. The van der Waals surface area contributed by atoms with Crippen LogP contribution in [0.4, 0.5) is 0 Å². The summed E-state index contributed by atoms with van der Waals surface area (Å²) in [6.45, 7) is 8.07. The van der Waals surface area contributed by atoms with Crippen molar-refractivity contribution in [2.24, 2.45) is 11.8 Å². The van der Waals surface area contributed by atoms with Gasteiger partial charge in [0.1, 0.15) is 0 Å². The van der Waals surface area contributed by atoms with Crippen LogP contribution < -0.4 is 5.32 Å². The van der Waals surface area contributed by atoms with Crippen LogP contribution in [0.2, 0.25) is 0 Å². The van der Waals surface area contributed by atoms with Gasteiger partial charge in [-0.2, -0.15) is 0 Å². The van der Waals surface area contributed by atoms with Gasteiger partial charge in [0.15, 0.2) is 0 Å². The van der Waals surface area contributed by atoms with Gasteiger partial charge in [-0.3, -0.25) is 0 Å². The highest BCUT2D eigenvalue weighted by atomic mass is 14.9. The summed E-state index contributed by atoms with van der Waals surface area (Å²) in [6.07, 6.45) is 5.68. The fourth-order valence-corrected chi connectivity index (χ4v) is 3.27. The van der Waals surface area contributed by atoms with Gasteiger partial charge >= 0.3 is 0 Å². The SMILES string of the molecule is Cc1ccccc1[C@H](C)NCC1CCCC(C)C1. The van der Waals surface area contributed by atoms with Crippen LogP contribution in [0.15, 0.2) is 24.3 Å². The zero-order chi connectivity index (χ0) is 13.0. The molecule has 0 saturated heterocycles. The third-order valence-corrected chi connectivity index (χ3v) is 4.41. The molecule has 1 fully saturated rings. The summed E-state index contributed by atoms with van der Waals surface area (Å²) in [7, 11) is 0. The Bertz CT molecular complexity index is 372. The molecule has 0 aromatic heterocycles. The van der Waals surface area contributed by atoms with Crippen LogP contribution in [0.25, 0.3) is 0 Å². The quantitative estimate of drug-likeness (QED) is 0.825. The molecule has 2 unspecified atom stereocenters. The lowest BCUT2D eigenvalue weighted by atomic mass is 9.82. The Kier molecular flexibility index (Phi) is 4.82. The predicted molar refractivity (Wildman–Crippen MR) is 78.7 cm³/mol. The van der Waals surface area contributed by atoms with E-state index in [4.69, 9.17) is 0 Å². The molecule has 0 bridgehead atoms. The Hall–Kier alpha value is -0.820. The summed E-state index contributed by atoms with van der Waals surface area (Å²) >= 11 is 0. The third-order valence-electron chi connectivity index (χ3n) is 4.41. The Labute approximate surface area is 112 Å². The summed E-state index contributed by atoms with van der Waals surface area (Å²) < 4.78 is 0. The topological polar surface area (TPSA) is 12.0 Å². The lowest BCUT2D eigenvalue weighted by molar-refractivity contribution is 0.268. The van der Waals surface area contributed by atoms with E-state index in [-0.39, 0.29) is 0 Å². The molecule has 0 radical (unpaired) electrons. The molecule has 1 heteroatoms. The van der Waals surface area contributed by atoms with E-state index in [1.807, 2.05) is 0 Å². The molecular formula is C17H27N. The fourth-order valence-electron chi connectivity index (χ4n) is 3.27. The Morgan fingerprint density at radius 2 is 2.06 bits per heavy atom. The Morgan fingerprint density at radius 3 is 2.78 bits per heavy atom. The summed E-state index contributed by atoms with van der Waals surface area (Å²) in [5.41, 5.74) is 2.84. The van der Waals surface area contributed by atoms with Gasteiger partial charge in [-0.15, -0.1) is 0 Å². The zero-order valence-corrected chi connectivity index (χ0v) is 12.1. The summed E-state index contributed by atoms with van der Waals surface area (Å²) in [5.74, 6) is 1.82. The summed E-state index contributed by atoms with van der Waals surface area (Å²) in [6, 6.07) is 9.19. The van der Waals surface area contributed by atoms with Crippen molar-refractivity contribution in [3.63, 3.8) is 0 Å². The minimum atomic E-state index is 0.475. The normalized spacial score (nSPS) is 25.9. The molecule has 1 aliphatic carbocycles. The van der Waals surface area contributed by atoms with E-state index < -0.39 is 0 Å². The predicted octanol–water partition coefficient (Wildman–Crippen LogP) is 4.47. The van der Waals surface area contributed by atoms with Gasteiger partial charge in [-0.05, 0) is 56.2 Å². The minimum Gasteiger partial charge on any atom is -0.310 e. The molecule has 100 valence electrons. The van der Waals surface area contributed by atoms with Crippen LogP contribution in [-0.4, -0.2) is 6.54 Å². The number of hydrogen-bond acceptors (Lipinski definition) is 1. The standard InChI is InChI=1S/C17H27N/c1-13-7-6-9-16(11-13)12-18-15(3)17-10-5-4-8-14(17)2/h4-5,8,10,13,15-16,18H,6-7,9,11-12H2,1-3H3/t13?,15-,16?/m0/s1. The second-order valence-corrected chi connectivity index (χ2v) is 6.12. The van der Waals surface area contributed by atoms with Crippen molar-refractivity contribution >= 4 is 0 Å². The first kappa shape index (κ1) is 13.6. The van der Waals surface area contributed by atoms with E-state index in [2.05, 4.69) is 50.4 Å². The second-order valence-electron chi connectivity index (χ2n) is 6.12. The van der Waals surface area contributed by atoms with Crippen molar-refractivity contribution in [3.8, 4) is 0 Å². The van der Waals surface area contributed by atoms with Crippen molar-refractivity contribution < 1.29 is 0 Å². The molecule has 18 heavy (non-hydrogen) atoms. The number of nitrogens with one attached hydrogen (secondary N) is 1. The first-order valence-electron chi connectivity index (χ1n) is 7.45. The largest absolute Gasteiger partial charge is 0.310 e. The molecule has 2 rings (SSSR count). The van der Waals surface area contributed by atoms with Crippen molar-refractivity contribution in [2.75, 3.05) is 6.54 Å². The molecule has 0 heterocycles.